The Bertz CT molecular complexity index is 211. The summed E-state index contributed by atoms with van der Waals surface area (Å²) in [6, 6.07) is 2.22. The maximum Gasteiger partial charge on any atom is 0.0876 e. The second-order valence-electron chi connectivity index (χ2n) is 2.90. The molecule has 1 heterocycles. The molecule has 0 aromatic carbocycles. The van der Waals surface area contributed by atoms with Gasteiger partial charge in [-0.25, -0.2) is 0 Å². The van der Waals surface area contributed by atoms with Crippen molar-refractivity contribution >= 4 is 0 Å². The molecule has 1 N–H and O–H groups in total. The lowest BCUT2D eigenvalue weighted by Gasteiger charge is -2.16. The van der Waals surface area contributed by atoms with Gasteiger partial charge in [-0.2, -0.15) is 5.10 Å². The third kappa shape index (κ3) is 3.16. The van der Waals surface area contributed by atoms with E-state index in [0.29, 0.717) is 12.6 Å². The van der Waals surface area contributed by atoms with Crippen molar-refractivity contribution in [2.75, 3.05) is 26.8 Å². The van der Waals surface area contributed by atoms with Crippen molar-refractivity contribution in [2.45, 2.75) is 13.0 Å². The fraction of sp³-hybridized carbons (Fsp3) is 0.667. The Kier molecular flexibility index (Phi) is 4.49. The highest BCUT2D eigenvalue weighted by atomic mass is 16.5. The number of hydrogen-bond donors (Lipinski definition) is 1. The first kappa shape index (κ1) is 10.2. The highest BCUT2D eigenvalue weighted by Crippen LogP contribution is 2.03. The largest absolute Gasteiger partial charge is 0.382 e. The third-order valence-electron chi connectivity index (χ3n) is 1.89. The summed E-state index contributed by atoms with van der Waals surface area (Å²) in [5.41, 5.74) is 0. The zero-order valence-electron chi connectivity index (χ0n) is 8.23. The van der Waals surface area contributed by atoms with Gasteiger partial charge in [-0.3, -0.25) is 4.68 Å². The van der Waals surface area contributed by atoms with Crippen LogP contribution in [0.3, 0.4) is 0 Å². The lowest BCUT2D eigenvalue weighted by molar-refractivity contribution is 0.148. The summed E-state index contributed by atoms with van der Waals surface area (Å²) in [4.78, 5) is 0. The fourth-order valence-electron chi connectivity index (χ4n) is 1.23. The van der Waals surface area contributed by atoms with Gasteiger partial charge in [-0.15, -0.1) is 0 Å². The molecule has 0 radical (unpaired) electrons. The van der Waals surface area contributed by atoms with Crippen molar-refractivity contribution in [3.63, 3.8) is 0 Å². The van der Waals surface area contributed by atoms with E-state index in [1.165, 1.54) is 0 Å². The van der Waals surface area contributed by atoms with Gasteiger partial charge in [0.25, 0.3) is 0 Å². The lowest BCUT2D eigenvalue weighted by Crippen LogP contribution is -2.28. The van der Waals surface area contributed by atoms with Crippen LogP contribution in [0.2, 0.25) is 0 Å². The van der Waals surface area contributed by atoms with Gasteiger partial charge in [0.2, 0.25) is 0 Å². The number of hydrogen-bond acceptors (Lipinski definition) is 3. The molecule has 1 rings (SSSR count). The average molecular weight is 183 g/mol. The number of likely N-dealkylation sites (N-methyl/N-ethyl adjacent to an activating group) is 1. The predicted octanol–water partition coefficient (Wildman–Crippen LogP) is 0.680. The van der Waals surface area contributed by atoms with Gasteiger partial charge >= 0.3 is 0 Å². The van der Waals surface area contributed by atoms with E-state index in [9.17, 15) is 0 Å². The molecule has 1 unspecified atom stereocenters. The Morgan fingerprint density at radius 1 is 1.62 bits per heavy atom. The van der Waals surface area contributed by atoms with Gasteiger partial charge in [0, 0.05) is 26.0 Å². The summed E-state index contributed by atoms with van der Waals surface area (Å²) in [5.74, 6) is 0. The quantitative estimate of drug-likeness (QED) is 0.705. The van der Waals surface area contributed by atoms with Gasteiger partial charge in [0.15, 0.2) is 0 Å². The van der Waals surface area contributed by atoms with Crippen molar-refractivity contribution in [3.05, 3.63) is 18.5 Å². The molecule has 4 nitrogen and oxygen atoms in total. The molecule has 13 heavy (non-hydrogen) atoms. The van der Waals surface area contributed by atoms with Crippen LogP contribution in [0, 0.1) is 0 Å². The van der Waals surface area contributed by atoms with Gasteiger partial charge in [-0.05, 0) is 12.6 Å². The Hall–Kier alpha value is -0.870. The van der Waals surface area contributed by atoms with Crippen LogP contribution in [-0.4, -0.2) is 36.6 Å². The molecule has 0 fully saturated rings. The van der Waals surface area contributed by atoms with Gasteiger partial charge < -0.3 is 10.1 Å². The minimum atomic E-state index is 0.292. The summed E-state index contributed by atoms with van der Waals surface area (Å²) in [7, 11) is 1.71. The maximum absolute atomic E-state index is 5.12. The predicted molar refractivity (Wildman–Crippen MR) is 51.7 cm³/mol. The number of nitrogens with zero attached hydrogens (tertiary/aromatic N) is 2. The summed E-state index contributed by atoms with van der Waals surface area (Å²) in [6.45, 7) is 4.65. The molecule has 0 bridgehead atoms. The van der Waals surface area contributed by atoms with Gasteiger partial charge in [0.1, 0.15) is 0 Å². The van der Waals surface area contributed by atoms with E-state index in [1.54, 1.807) is 13.3 Å². The number of nitrogens with one attached hydrogen (secondary N) is 1. The van der Waals surface area contributed by atoms with Gasteiger partial charge in [-0.1, -0.05) is 6.92 Å². The standard InChI is InChI=1S/C9H17N3O/c1-3-10-7-9(8-13-2)12-6-4-5-11-12/h4-6,9-10H,3,7-8H2,1-2H3. The van der Waals surface area contributed by atoms with E-state index >= 15 is 0 Å². The maximum atomic E-state index is 5.12. The topological polar surface area (TPSA) is 39.1 Å². The number of ether oxygens (including phenoxy) is 1. The van der Waals surface area contributed by atoms with Crippen molar-refractivity contribution in [1.82, 2.24) is 15.1 Å². The first-order chi connectivity index (χ1) is 6.38. The van der Waals surface area contributed by atoms with Crippen LogP contribution in [0.15, 0.2) is 18.5 Å². The summed E-state index contributed by atoms with van der Waals surface area (Å²) in [6.07, 6.45) is 3.75. The Morgan fingerprint density at radius 2 is 2.46 bits per heavy atom. The molecule has 0 spiro atoms. The highest BCUT2D eigenvalue weighted by molar-refractivity contribution is 4.82. The normalized spacial score (nSPS) is 13.1. The van der Waals surface area contributed by atoms with E-state index in [0.717, 1.165) is 13.1 Å². The Labute approximate surface area is 78.9 Å². The highest BCUT2D eigenvalue weighted by Gasteiger charge is 2.09. The fourth-order valence-corrected chi connectivity index (χ4v) is 1.23. The molecule has 0 aliphatic carbocycles. The summed E-state index contributed by atoms with van der Waals surface area (Å²) >= 11 is 0. The van der Waals surface area contributed by atoms with Crippen LogP contribution in [0.1, 0.15) is 13.0 Å². The molecular formula is C9H17N3O. The molecule has 0 saturated heterocycles. The van der Waals surface area contributed by atoms with E-state index in [1.807, 2.05) is 16.9 Å². The van der Waals surface area contributed by atoms with E-state index in [2.05, 4.69) is 17.3 Å². The SMILES string of the molecule is CCNCC(COC)n1cccn1. The number of aromatic nitrogens is 2. The smallest absolute Gasteiger partial charge is 0.0876 e. The zero-order chi connectivity index (χ0) is 9.52. The summed E-state index contributed by atoms with van der Waals surface area (Å²) in [5, 5.41) is 7.47. The molecule has 1 aromatic heterocycles. The molecule has 1 atom stereocenters. The lowest BCUT2D eigenvalue weighted by atomic mass is 10.3. The molecule has 0 aliphatic rings. The van der Waals surface area contributed by atoms with Crippen molar-refractivity contribution < 1.29 is 4.74 Å². The van der Waals surface area contributed by atoms with Crippen LogP contribution >= 0.6 is 0 Å². The summed E-state index contributed by atoms with van der Waals surface area (Å²) < 4.78 is 7.05. The van der Waals surface area contributed by atoms with E-state index in [4.69, 9.17) is 4.74 Å². The average Bonchev–Trinajstić information content (AvgIpc) is 2.65. The first-order valence-corrected chi connectivity index (χ1v) is 4.57. The molecular weight excluding hydrogens is 166 g/mol. The molecule has 1 aromatic rings. The van der Waals surface area contributed by atoms with Crippen molar-refractivity contribution in [3.8, 4) is 0 Å². The van der Waals surface area contributed by atoms with Crippen LogP contribution < -0.4 is 5.32 Å². The second kappa shape index (κ2) is 5.72. The Balaban J connectivity index is 2.47. The molecule has 4 heteroatoms. The van der Waals surface area contributed by atoms with Crippen molar-refractivity contribution in [2.24, 2.45) is 0 Å². The van der Waals surface area contributed by atoms with Crippen molar-refractivity contribution in [1.29, 1.82) is 0 Å². The van der Waals surface area contributed by atoms with Crippen LogP contribution in [-0.2, 0) is 4.74 Å². The van der Waals surface area contributed by atoms with Crippen LogP contribution in [0.25, 0.3) is 0 Å². The second-order valence-corrected chi connectivity index (χ2v) is 2.90. The van der Waals surface area contributed by atoms with Crippen LogP contribution in [0.5, 0.6) is 0 Å². The third-order valence-corrected chi connectivity index (χ3v) is 1.89. The minimum Gasteiger partial charge on any atom is -0.382 e. The van der Waals surface area contributed by atoms with E-state index < -0.39 is 0 Å². The van der Waals surface area contributed by atoms with E-state index in [-0.39, 0.29) is 0 Å². The molecule has 0 saturated carbocycles. The first-order valence-electron chi connectivity index (χ1n) is 4.57. The monoisotopic (exact) mass is 183 g/mol. The minimum absolute atomic E-state index is 0.292. The Morgan fingerprint density at radius 3 is 3.00 bits per heavy atom. The number of methoxy groups -OCH3 is 1. The molecule has 0 amide bonds. The number of rotatable bonds is 6. The zero-order valence-corrected chi connectivity index (χ0v) is 8.23. The van der Waals surface area contributed by atoms with Crippen LogP contribution in [0.4, 0.5) is 0 Å². The molecule has 0 aliphatic heterocycles. The van der Waals surface area contributed by atoms with Gasteiger partial charge in [0.05, 0.1) is 12.6 Å². The molecule has 74 valence electrons.